The molecule has 0 N–H and O–H groups in total. The molecule has 0 saturated carbocycles. The number of esters is 1. The Morgan fingerprint density at radius 1 is 1.11 bits per heavy atom. The van der Waals surface area contributed by atoms with Crippen molar-refractivity contribution in [3.63, 3.8) is 0 Å². The van der Waals surface area contributed by atoms with Crippen molar-refractivity contribution in [2.24, 2.45) is 17.8 Å². The van der Waals surface area contributed by atoms with Gasteiger partial charge in [0.05, 0.1) is 6.04 Å². The number of hydrogen-bond acceptors (Lipinski definition) is 11. The molecule has 0 spiro atoms. The summed E-state index contributed by atoms with van der Waals surface area (Å²) in [6.07, 6.45) is 3.05. The van der Waals surface area contributed by atoms with Crippen molar-refractivity contribution in [2.75, 3.05) is 20.6 Å². The van der Waals surface area contributed by atoms with E-state index >= 15 is 0 Å². The number of aromatic nitrogens is 1. The predicted molar refractivity (Wildman–Crippen MR) is 162 cm³/mol. The number of carbonyl (C=O) groups is 6. The molecule has 44 heavy (non-hydrogen) atoms. The fourth-order valence-electron chi connectivity index (χ4n) is 5.89. The first-order valence-corrected chi connectivity index (χ1v) is 16.3. The van der Waals surface area contributed by atoms with Gasteiger partial charge in [-0.1, -0.05) is 40.5 Å². The molecule has 1 aromatic rings. The van der Waals surface area contributed by atoms with E-state index in [4.69, 9.17) is 9.57 Å². The molecule has 2 aliphatic rings. The van der Waals surface area contributed by atoms with Crippen LogP contribution < -0.4 is 0 Å². The van der Waals surface area contributed by atoms with Gasteiger partial charge in [0.25, 0.3) is 11.8 Å². The number of likely N-dealkylation sites (tertiary alicyclic amines) is 1. The highest BCUT2D eigenvalue weighted by Crippen LogP contribution is 2.33. The standard InChI is InChI=1S/C31H46N4O8S/c1-8-19(4)21(15-25(37)23-11-9-10-14-33(23)6)30(40)34(7)24(18(2)3)16-26(42-20(5)36)29-32-22(17-44-29)31(41)43-35-27(38)12-13-28(35)39/h17-19,21,23-24,26H,8-16H2,1-7H3/t19-,21?,23+,24+,26+/m0/s1. The molecule has 0 aromatic carbocycles. The lowest BCUT2D eigenvalue weighted by molar-refractivity contribution is -0.172. The minimum absolute atomic E-state index is 0.0122. The Morgan fingerprint density at radius 2 is 1.77 bits per heavy atom. The van der Waals surface area contributed by atoms with E-state index in [1.807, 2.05) is 34.7 Å². The summed E-state index contributed by atoms with van der Waals surface area (Å²) >= 11 is 1.07. The second kappa shape index (κ2) is 15.7. The molecule has 0 aliphatic carbocycles. The van der Waals surface area contributed by atoms with Crippen LogP contribution in [-0.2, 0) is 33.5 Å². The SMILES string of the molecule is CC[C@H](C)C(CC(=O)[C@H]1CCCCN1C)C(=O)N(C)[C@H](C[C@@H](OC(C)=O)c1nc(C(=O)ON2C(=O)CCC2=O)cs1)C(C)C. The van der Waals surface area contributed by atoms with Gasteiger partial charge in [-0.25, -0.2) is 9.78 Å². The van der Waals surface area contributed by atoms with Crippen molar-refractivity contribution in [3.05, 3.63) is 16.1 Å². The molecule has 3 amide bonds. The van der Waals surface area contributed by atoms with Crippen LogP contribution in [-0.4, -0.2) is 88.0 Å². The summed E-state index contributed by atoms with van der Waals surface area (Å²) in [7, 11) is 3.69. The number of thiazole rings is 1. The zero-order valence-electron chi connectivity index (χ0n) is 26.9. The highest BCUT2D eigenvalue weighted by molar-refractivity contribution is 7.09. The van der Waals surface area contributed by atoms with E-state index in [0.717, 1.165) is 43.6 Å². The molecule has 244 valence electrons. The Labute approximate surface area is 263 Å². The number of rotatable bonds is 14. The molecule has 0 bridgehead atoms. The van der Waals surface area contributed by atoms with Crippen LogP contribution in [0, 0.1) is 17.8 Å². The van der Waals surface area contributed by atoms with Crippen LogP contribution >= 0.6 is 11.3 Å². The van der Waals surface area contributed by atoms with Crippen LogP contribution in [0.15, 0.2) is 5.38 Å². The van der Waals surface area contributed by atoms with E-state index in [-0.39, 0.29) is 67.0 Å². The van der Waals surface area contributed by atoms with E-state index in [0.29, 0.717) is 10.1 Å². The first-order chi connectivity index (χ1) is 20.7. The van der Waals surface area contributed by atoms with Gasteiger partial charge in [0.15, 0.2) is 17.6 Å². The molecule has 3 heterocycles. The Kier molecular flexibility index (Phi) is 12.6. The minimum Gasteiger partial charge on any atom is -0.455 e. The smallest absolute Gasteiger partial charge is 0.382 e. The molecule has 2 saturated heterocycles. The maximum Gasteiger partial charge on any atom is 0.382 e. The number of piperidine rings is 1. The van der Waals surface area contributed by atoms with Gasteiger partial charge in [-0.2, -0.15) is 0 Å². The lowest BCUT2D eigenvalue weighted by Crippen LogP contribution is -2.48. The highest BCUT2D eigenvalue weighted by Gasteiger charge is 2.38. The van der Waals surface area contributed by atoms with Crippen LogP contribution in [0.2, 0.25) is 0 Å². The molecule has 1 unspecified atom stereocenters. The molecule has 5 atom stereocenters. The number of Topliss-reactive ketones (excluding diaryl/α,β-unsaturated/α-hetero) is 1. The van der Waals surface area contributed by atoms with E-state index in [1.165, 1.54) is 12.3 Å². The van der Waals surface area contributed by atoms with E-state index in [2.05, 4.69) is 9.88 Å². The van der Waals surface area contributed by atoms with Crippen LogP contribution in [0.25, 0.3) is 0 Å². The third-order valence-corrected chi connectivity index (χ3v) is 9.71. The summed E-state index contributed by atoms with van der Waals surface area (Å²) in [4.78, 5) is 89.0. The highest BCUT2D eigenvalue weighted by atomic mass is 32.1. The Morgan fingerprint density at radius 3 is 2.34 bits per heavy atom. The summed E-state index contributed by atoms with van der Waals surface area (Å²) in [5.74, 6) is -3.32. The van der Waals surface area contributed by atoms with Crippen molar-refractivity contribution in [3.8, 4) is 0 Å². The Balaban J connectivity index is 1.79. The van der Waals surface area contributed by atoms with Crippen molar-refractivity contribution < 1.29 is 38.3 Å². The lowest BCUT2D eigenvalue weighted by Gasteiger charge is -2.37. The number of carbonyl (C=O) groups excluding carboxylic acids is 6. The molecular weight excluding hydrogens is 588 g/mol. The molecule has 1 aromatic heterocycles. The third-order valence-electron chi connectivity index (χ3n) is 8.78. The quantitative estimate of drug-likeness (QED) is 0.218. The molecule has 13 heteroatoms. The topological polar surface area (TPSA) is 143 Å². The van der Waals surface area contributed by atoms with Crippen molar-refractivity contribution >= 4 is 46.8 Å². The van der Waals surface area contributed by atoms with Crippen LogP contribution in [0.1, 0.15) is 108 Å². The van der Waals surface area contributed by atoms with E-state index in [1.54, 1.807) is 11.9 Å². The fraction of sp³-hybridized carbons (Fsp3) is 0.710. The van der Waals surface area contributed by atoms with Gasteiger partial charge >= 0.3 is 11.9 Å². The zero-order valence-corrected chi connectivity index (χ0v) is 27.7. The van der Waals surface area contributed by atoms with Gasteiger partial charge in [-0.3, -0.25) is 28.9 Å². The van der Waals surface area contributed by atoms with Gasteiger partial charge in [0, 0.05) is 57.0 Å². The van der Waals surface area contributed by atoms with Gasteiger partial charge < -0.3 is 14.5 Å². The largest absolute Gasteiger partial charge is 0.455 e. The van der Waals surface area contributed by atoms with Crippen LogP contribution in [0.3, 0.4) is 0 Å². The Bertz CT molecular complexity index is 1220. The van der Waals surface area contributed by atoms with E-state index < -0.39 is 35.8 Å². The number of hydrogen-bond donors (Lipinski definition) is 0. The van der Waals surface area contributed by atoms with E-state index in [9.17, 15) is 28.8 Å². The average Bonchev–Trinajstić information content (AvgIpc) is 3.59. The molecular formula is C31H46N4O8S. The van der Waals surface area contributed by atoms with Crippen molar-refractivity contribution in [2.45, 2.75) is 104 Å². The number of ether oxygens (including phenoxy) is 1. The number of hydroxylamine groups is 2. The maximum atomic E-state index is 14.1. The number of ketones is 1. The number of imide groups is 1. The molecule has 2 aliphatic heterocycles. The number of amides is 3. The second-order valence-corrected chi connectivity index (χ2v) is 13.2. The fourth-order valence-corrected chi connectivity index (χ4v) is 6.72. The predicted octanol–water partition coefficient (Wildman–Crippen LogP) is 3.95. The number of nitrogens with zero attached hydrogens (tertiary/aromatic N) is 4. The molecule has 0 radical (unpaired) electrons. The van der Waals surface area contributed by atoms with Gasteiger partial charge in [-0.05, 0) is 38.3 Å². The van der Waals surface area contributed by atoms with Crippen molar-refractivity contribution in [1.29, 1.82) is 0 Å². The van der Waals surface area contributed by atoms with Gasteiger partial charge in [0.2, 0.25) is 5.91 Å². The monoisotopic (exact) mass is 634 g/mol. The van der Waals surface area contributed by atoms with Gasteiger partial charge in [0.1, 0.15) is 5.01 Å². The minimum atomic E-state index is -0.977. The number of likely N-dealkylation sites (N-methyl/N-ethyl adjacent to an activating group) is 1. The zero-order chi connectivity index (χ0) is 32.7. The average molecular weight is 635 g/mol. The molecule has 3 rings (SSSR count). The molecule has 2 fully saturated rings. The third kappa shape index (κ3) is 8.71. The Hall–Kier alpha value is -3.19. The van der Waals surface area contributed by atoms with Crippen LogP contribution in [0.5, 0.6) is 0 Å². The maximum absolute atomic E-state index is 14.1. The molecule has 12 nitrogen and oxygen atoms in total. The van der Waals surface area contributed by atoms with Crippen molar-refractivity contribution in [1.82, 2.24) is 19.8 Å². The second-order valence-electron chi connectivity index (χ2n) is 12.3. The summed E-state index contributed by atoms with van der Waals surface area (Å²) in [6, 6.07) is -0.555. The van der Waals surface area contributed by atoms with Gasteiger partial charge in [-0.15, -0.1) is 16.4 Å². The summed E-state index contributed by atoms with van der Waals surface area (Å²) in [6.45, 7) is 10.1. The lowest BCUT2D eigenvalue weighted by atomic mass is 9.83. The van der Waals surface area contributed by atoms with Crippen LogP contribution in [0.4, 0.5) is 0 Å². The first-order valence-electron chi connectivity index (χ1n) is 15.4. The summed E-state index contributed by atoms with van der Waals surface area (Å²) in [5, 5.41) is 2.17. The summed E-state index contributed by atoms with van der Waals surface area (Å²) in [5.41, 5.74) is -0.136. The normalized spacial score (nSPS) is 20.3. The summed E-state index contributed by atoms with van der Waals surface area (Å²) < 4.78 is 5.63. The first kappa shape index (κ1) is 35.3.